The van der Waals surface area contributed by atoms with E-state index >= 15 is 0 Å². The van der Waals surface area contributed by atoms with E-state index in [9.17, 15) is 10.2 Å². The van der Waals surface area contributed by atoms with Crippen LogP contribution >= 0.6 is 0 Å². The standard InChI is InChI=1S/C11H15N5O4/c1-4-6-9(15-11(12)14-4)16(3-13-6)10-8(19)7(18)5(2-17)20-10/h3,5,7-8,10,17-19H,2H2,1H3,(H2,12,14,15). The summed E-state index contributed by atoms with van der Waals surface area (Å²) >= 11 is 0. The van der Waals surface area contributed by atoms with Crippen LogP contribution in [0.2, 0.25) is 0 Å². The summed E-state index contributed by atoms with van der Waals surface area (Å²) < 4.78 is 6.92. The summed E-state index contributed by atoms with van der Waals surface area (Å²) in [5, 5.41) is 28.9. The predicted octanol–water partition coefficient (Wildman–Crippen LogP) is -1.67. The van der Waals surface area contributed by atoms with E-state index in [1.54, 1.807) is 6.92 Å². The summed E-state index contributed by atoms with van der Waals surface area (Å²) in [7, 11) is 0. The van der Waals surface area contributed by atoms with E-state index in [0.717, 1.165) is 0 Å². The molecular weight excluding hydrogens is 266 g/mol. The normalized spacial score (nSPS) is 30.2. The van der Waals surface area contributed by atoms with Crippen LogP contribution in [-0.4, -0.2) is 59.8 Å². The molecule has 9 heteroatoms. The first-order chi connectivity index (χ1) is 9.52. The Hall–Kier alpha value is -1.81. The van der Waals surface area contributed by atoms with Crippen molar-refractivity contribution in [3.63, 3.8) is 0 Å². The van der Waals surface area contributed by atoms with Gasteiger partial charge in [0.25, 0.3) is 0 Å². The van der Waals surface area contributed by atoms with Gasteiger partial charge in [-0.15, -0.1) is 0 Å². The molecule has 20 heavy (non-hydrogen) atoms. The van der Waals surface area contributed by atoms with Crippen molar-refractivity contribution in [2.45, 2.75) is 31.5 Å². The lowest BCUT2D eigenvalue weighted by atomic mass is 10.1. The quantitative estimate of drug-likeness (QED) is 0.512. The Bertz CT molecular complexity index is 645. The molecule has 4 atom stereocenters. The van der Waals surface area contributed by atoms with Crippen molar-refractivity contribution in [1.29, 1.82) is 0 Å². The molecule has 0 saturated carbocycles. The van der Waals surface area contributed by atoms with E-state index in [1.807, 2.05) is 0 Å². The van der Waals surface area contributed by atoms with Crippen molar-refractivity contribution in [3.8, 4) is 0 Å². The molecule has 1 saturated heterocycles. The van der Waals surface area contributed by atoms with Gasteiger partial charge in [0.2, 0.25) is 5.95 Å². The van der Waals surface area contributed by atoms with Gasteiger partial charge in [-0.1, -0.05) is 0 Å². The van der Waals surface area contributed by atoms with Gasteiger partial charge in [0.05, 0.1) is 18.6 Å². The van der Waals surface area contributed by atoms with Crippen molar-refractivity contribution in [2.24, 2.45) is 0 Å². The number of rotatable bonds is 2. The zero-order chi connectivity index (χ0) is 14.4. The first-order valence-corrected chi connectivity index (χ1v) is 6.12. The number of aliphatic hydroxyl groups is 3. The number of anilines is 1. The molecule has 0 spiro atoms. The third-order valence-corrected chi connectivity index (χ3v) is 3.40. The maximum atomic E-state index is 10.0. The van der Waals surface area contributed by atoms with E-state index in [-0.39, 0.29) is 5.95 Å². The van der Waals surface area contributed by atoms with Crippen molar-refractivity contribution < 1.29 is 20.1 Å². The second-order valence-corrected chi connectivity index (χ2v) is 4.72. The Morgan fingerprint density at radius 1 is 1.35 bits per heavy atom. The van der Waals surface area contributed by atoms with E-state index in [4.69, 9.17) is 15.6 Å². The molecule has 5 N–H and O–H groups in total. The smallest absolute Gasteiger partial charge is 0.222 e. The summed E-state index contributed by atoms with van der Waals surface area (Å²) in [4.78, 5) is 12.2. The Kier molecular flexibility index (Phi) is 3.05. The van der Waals surface area contributed by atoms with Crippen LogP contribution in [0.1, 0.15) is 11.9 Å². The van der Waals surface area contributed by atoms with Crippen LogP contribution < -0.4 is 5.73 Å². The molecule has 9 nitrogen and oxygen atoms in total. The summed E-state index contributed by atoms with van der Waals surface area (Å²) in [5.41, 5.74) is 7.17. The molecule has 3 heterocycles. The van der Waals surface area contributed by atoms with Crippen LogP contribution in [-0.2, 0) is 4.74 Å². The molecule has 0 aromatic carbocycles. The molecule has 0 amide bonds. The van der Waals surface area contributed by atoms with Gasteiger partial charge in [-0.2, -0.15) is 4.98 Å². The number of nitrogens with zero attached hydrogens (tertiary/aromatic N) is 4. The van der Waals surface area contributed by atoms with Gasteiger partial charge in [0.1, 0.15) is 23.8 Å². The van der Waals surface area contributed by atoms with Crippen LogP contribution in [0.25, 0.3) is 11.2 Å². The molecule has 4 unspecified atom stereocenters. The van der Waals surface area contributed by atoms with Crippen molar-refractivity contribution in [2.75, 3.05) is 12.3 Å². The van der Waals surface area contributed by atoms with Crippen LogP contribution in [0.5, 0.6) is 0 Å². The van der Waals surface area contributed by atoms with Gasteiger partial charge < -0.3 is 25.8 Å². The molecular formula is C11H15N5O4. The molecule has 0 bridgehead atoms. The Morgan fingerprint density at radius 3 is 2.75 bits per heavy atom. The highest BCUT2D eigenvalue weighted by Gasteiger charge is 2.43. The maximum Gasteiger partial charge on any atom is 0.222 e. The lowest BCUT2D eigenvalue weighted by Crippen LogP contribution is -2.33. The molecule has 1 aliphatic rings. The molecule has 0 aliphatic carbocycles. The van der Waals surface area contributed by atoms with Gasteiger partial charge in [-0.25, -0.2) is 9.97 Å². The number of hydrogen-bond acceptors (Lipinski definition) is 8. The number of ether oxygens (including phenoxy) is 1. The summed E-state index contributed by atoms with van der Waals surface area (Å²) in [6.07, 6.45) is -2.68. The number of nitrogens with two attached hydrogens (primary N) is 1. The Morgan fingerprint density at radius 2 is 2.10 bits per heavy atom. The summed E-state index contributed by atoms with van der Waals surface area (Å²) in [6, 6.07) is 0. The lowest BCUT2D eigenvalue weighted by Gasteiger charge is -2.16. The minimum atomic E-state index is -1.19. The highest BCUT2D eigenvalue weighted by Crippen LogP contribution is 2.31. The zero-order valence-corrected chi connectivity index (χ0v) is 10.7. The predicted molar refractivity (Wildman–Crippen MR) is 67.5 cm³/mol. The average molecular weight is 281 g/mol. The second-order valence-electron chi connectivity index (χ2n) is 4.72. The van der Waals surface area contributed by atoms with Gasteiger partial charge in [-0.3, -0.25) is 4.57 Å². The number of imidazole rings is 1. The Balaban J connectivity index is 2.07. The number of aryl methyl sites for hydroxylation is 1. The number of aliphatic hydroxyl groups excluding tert-OH is 3. The van der Waals surface area contributed by atoms with Crippen LogP contribution in [0, 0.1) is 6.92 Å². The highest BCUT2D eigenvalue weighted by molar-refractivity contribution is 5.74. The first kappa shape index (κ1) is 13.2. The molecule has 3 rings (SSSR count). The fourth-order valence-corrected chi connectivity index (χ4v) is 2.37. The van der Waals surface area contributed by atoms with E-state index in [1.165, 1.54) is 10.9 Å². The Labute approximate surface area is 113 Å². The fraction of sp³-hybridized carbons (Fsp3) is 0.545. The van der Waals surface area contributed by atoms with Crippen molar-refractivity contribution in [1.82, 2.24) is 19.5 Å². The number of fused-ring (bicyclic) bond motifs is 1. The maximum absolute atomic E-state index is 10.0. The van der Waals surface area contributed by atoms with Gasteiger partial charge in [0, 0.05) is 0 Å². The summed E-state index contributed by atoms with van der Waals surface area (Å²) in [5.74, 6) is 0.0866. The third kappa shape index (κ3) is 1.83. The minimum Gasteiger partial charge on any atom is -0.394 e. The molecule has 0 radical (unpaired) electrons. The van der Waals surface area contributed by atoms with Crippen molar-refractivity contribution >= 4 is 17.1 Å². The topological polar surface area (TPSA) is 140 Å². The van der Waals surface area contributed by atoms with Gasteiger partial charge >= 0.3 is 0 Å². The number of hydrogen-bond donors (Lipinski definition) is 4. The molecule has 1 aliphatic heterocycles. The minimum absolute atomic E-state index is 0.0866. The second kappa shape index (κ2) is 4.63. The van der Waals surface area contributed by atoms with E-state index in [2.05, 4.69) is 15.0 Å². The molecule has 108 valence electrons. The zero-order valence-electron chi connectivity index (χ0n) is 10.7. The van der Waals surface area contributed by atoms with E-state index < -0.39 is 31.1 Å². The average Bonchev–Trinajstić information content (AvgIpc) is 2.93. The highest BCUT2D eigenvalue weighted by atomic mass is 16.6. The van der Waals surface area contributed by atoms with Crippen LogP contribution in [0.4, 0.5) is 5.95 Å². The molecule has 2 aromatic rings. The monoisotopic (exact) mass is 281 g/mol. The SMILES string of the molecule is Cc1nc(N)nc2c1ncn2C1OC(CO)C(O)C1O. The lowest BCUT2D eigenvalue weighted by molar-refractivity contribution is -0.0511. The van der Waals surface area contributed by atoms with Crippen LogP contribution in [0.15, 0.2) is 6.33 Å². The number of nitrogen functional groups attached to an aromatic ring is 1. The third-order valence-electron chi connectivity index (χ3n) is 3.40. The largest absolute Gasteiger partial charge is 0.394 e. The van der Waals surface area contributed by atoms with Crippen LogP contribution in [0.3, 0.4) is 0 Å². The number of aromatic nitrogens is 4. The first-order valence-electron chi connectivity index (χ1n) is 6.12. The van der Waals surface area contributed by atoms with Gasteiger partial charge in [-0.05, 0) is 6.92 Å². The van der Waals surface area contributed by atoms with E-state index in [0.29, 0.717) is 16.9 Å². The van der Waals surface area contributed by atoms with Crippen molar-refractivity contribution in [3.05, 3.63) is 12.0 Å². The summed E-state index contributed by atoms with van der Waals surface area (Å²) in [6.45, 7) is 1.35. The molecule has 1 fully saturated rings. The molecule has 2 aromatic heterocycles. The fourth-order valence-electron chi connectivity index (χ4n) is 2.37. The van der Waals surface area contributed by atoms with Gasteiger partial charge in [0.15, 0.2) is 11.9 Å².